The number of hydrazone groups is 1. The van der Waals surface area contributed by atoms with Crippen LogP contribution in [-0.2, 0) is 14.4 Å². The third-order valence-electron chi connectivity index (χ3n) is 5.60. The number of carbonyl (C=O) groups excluding carboxylic acids is 4. The summed E-state index contributed by atoms with van der Waals surface area (Å²) in [7, 11) is 0. The molecule has 0 aromatic heterocycles. The molecule has 198 valence electrons. The van der Waals surface area contributed by atoms with Gasteiger partial charge in [0.2, 0.25) is 5.91 Å². The standard InChI is InChI=1S/C26H21ClN6O6/c1-16-24(29-28-19-9-13-21(14-10-19)33(38)39)26(37)32(30-16)23(35)15-22(34)31(20-11-7-18(27)8-12-20)25(36)17-5-3-2-4-6-17/h2-14,24,33,38H,15H2,1H3. The quantitative estimate of drug-likeness (QED) is 0.262. The van der Waals surface area contributed by atoms with E-state index in [1.807, 2.05) is 0 Å². The predicted octanol–water partition coefficient (Wildman–Crippen LogP) is 3.20. The average Bonchev–Trinajstić information content (AvgIpc) is 3.22. The zero-order valence-electron chi connectivity index (χ0n) is 20.4. The van der Waals surface area contributed by atoms with Crippen molar-refractivity contribution < 1.29 is 29.6 Å². The van der Waals surface area contributed by atoms with Gasteiger partial charge >= 0.3 is 0 Å². The number of amides is 4. The summed E-state index contributed by atoms with van der Waals surface area (Å²) in [6.45, 7) is 1.48. The summed E-state index contributed by atoms with van der Waals surface area (Å²) in [5.74, 6) is -3.31. The zero-order chi connectivity index (χ0) is 28.1. The molecule has 3 aromatic carbocycles. The molecule has 0 fully saturated rings. The largest absolute Gasteiger partial charge is 0.595 e. The lowest BCUT2D eigenvalue weighted by molar-refractivity contribution is -0.991. The molecule has 0 bridgehead atoms. The molecule has 2 unspecified atom stereocenters. The number of quaternary nitrogens is 1. The normalized spacial score (nSPS) is 15.8. The molecule has 1 aliphatic heterocycles. The molecule has 13 heteroatoms. The highest BCUT2D eigenvalue weighted by Gasteiger charge is 2.39. The third-order valence-corrected chi connectivity index (χ3v) is 5.85. The molecular formula is C26H21ClN6O6. The molecule has 0 aliphatic carbocycles. The summed E-state index contributed by atoms with van der Waals surface area (Å²) < 4.78 is 0. The Morgan fingerprint density at radius 2 is 1.69 bits per heavy atom. The molecule has 4 amide bonds. The van der Waals surface area contributed by atoms with Crippen LogP contribution >= 0.6 is 11.6 Å². The lowest BCUT2D eigenvalue weighted by Crippen LogP contribution is -2.99. The molecule has 39 heavy (non-hydrogen) atoms. The summed E-state index contributed by atoms with van der Waals surface area (Å²) in [4.78, 5) is 53.2. The van der Waals surface area contributed by atoms with Gasteiger partial charge in [-0.05, 0) is 55.5 Å². The van der Waals surface area contributed by atoms with E-state index in [0.29, 0.717) is 15.7 Å². The fourth-order valence-corrected chi connectivity index (χ4v) is 3.75. The van der Waals surface area contributed by atoms with Gasteiger partial charge in [-0.1, -0.05) is 29.8 Å². The second kappa shape index (κ2) is 11.8. The topological polar surface area (TPSA) is 160 Å². The van der Waals surface area contributed by atoms with Gasteiger partial charge in [-0.3, -0.25) is 19.2 Å². The first-order valence-electron chi connectivity index (χ1n) is 11.5. The smallest absolute Gasteiger partial charge is 0.282 e. The van der Waals surface area contributed by atoms with Crippen molar-refractivity contribution >= 4 is 58.0 Å². The average molecular weight is 549 g/mol. The Balaban J connectivity index is 1.50. The van der Waals surface area contributed by atoms with Gasteiger partial charge in [0.05, 0.1) is 17.1 Å². The van der Waals surface area contributed by atoms with Crippen LogP contribution in [0.5, 0.6) is 0 Å². The molecule has 2 atom stereocenters. The number of hydrogen-bond donors (Lipinski definition) is 2. The van der Waals surface area contributed by atoms with E-state index in [0.717, 1.165) is 4.90 Å². The summed E-state index contributed by atoms with van der Waals surface area (Å²) in [5.41, 5.74) is 0.930. The summed E-state index contributed by atoms with van der Waals surface area (Å²) >= 11 is 5.95. The SMILES string of the molecule is CC1=NN(C(=O)CC(=O)N(C(=O)c2ccccc2)c2ccc(Cl)cc2)C(=O)C1N=Nc1ccc([NH+]([O-])O)cc1. The van der Waals surface area contributed by atoms with Crippen molar-refractivity contribution in [2.45, 2.75) is 19.4 Å². The summed E-state index contributed by atoms with van der Waals surface area (Å²) in [6.07, 6.45) is -0.829. The van der Waals surface area contributed by atoms with Crippen LogP contribution < -0.4 is 10.1 Å². The number of nitrogens with zero attached hydrogens (tertiary/aromatic N) is 5. The van der Waals surface area contributed by atoms with Crippen molar-refractivity contribution in [1.82, 2.24) is 5.01 Å². The molecular weight excluding hydrogens is 528 g/mol. The van der Waals surface area contributed by atoms with Crippen LogP contribution in [0, 0.1) is 5.21 Å². The Hall–Kier alpha value is -4.62. The van der Waals surface area contributed by atoms with Gasteiger partial charge < -0.3 is 5.21 Å². The first kappa shape index (κ1) is 27.4. The number of rotatable bonds is 7. The van der Waals surface area contributed by atoms with Crippen LogP contribution in [0.2, 0.25) is 5.02 Å². The van der Waals surface area contributed by atoms with Crippen LogP contribution in [0.25, 0.3) is 0 Å². The van der Waals surface area contributed by atoms with E-state index in [1.54, 1.807) is 18.2 Å². The fraction of sp³-hybridized carbons (Fsp3) is 0.115. The van der Waals surface area contributed by atoms with Crippen LogP contribution in [-0.4, -0.2) is 45.6 Å². The van der Waals surface area contributed by atoms with Gasteiger partial charge in [-0.2, -0.15) is 25.6 Å². The van der Waals surface area contributed by atoms with Gasteiger partial charge in [0.15, 0.2) is 11.7 Å². The Bertz CT molecular complexity index is 1460. The molecule has 0 spiro atoms. The number of halogens is 1. The molecule has 0 saturated carbocycles. The molecule has 2 N–H and O–H groups in total. The van der Waals surface area contributed by atoms with E-state index in [9.17, 15) is 24.4 Å². The molecule has 0 saturated heterocycles. The van der Waals surface area contributed by atoms with Crippen molar-refractivity contribution in [3.63, 3.8) is 0 Å². The first-order chi connectivity index (χ1) is 18.7. The van der Waals surface area contributed by atoms with Crippen molar-refractivity contribution in [2.75, 3.05) is 4.90 Å². The number of hydrogen-bond acceptors (Lipinski definition) is 9. The maximum atomic E-state index is 13.2. The van der Waals surface area contributed by atoms with Crippen LogP contribution in [0.4, 0.5) is 17.1 Å². The minimum Gasteiger partial charge on any atom is -0.595 e. The second-order valence-corrected chi connectivity index (χ2v) is 8.75. The summed E-state index contributed by atoms with van der Waals surface area (Å²) in [6, 6.07) is 18.3. The number of benzene rings is 3. The first-order valence-corrected chi connectivity index (χ1v) is 11.9. The molecule has 1 aliphatic rings. The Kier molecular flexibility index (Phi) is 8.32. The van der Waals surface area contributed by atoms with E-state index in [-0.39, 0.29) is 22.6 Å². The lowest BCUT2D eigenvalue weighted by atomic mass is 10.1. The number of carbonyl (C=O) groups is 4. The molecule has 3 aromatic rings. The number of imide groups is 2. The fourth-order valence-electron chi connectivity index (χ4n) is 3.62. The maximum Gasteiger partial charge on any atom is 0.282 e. The van der Waals surface area contributed by atoms with Gasteiger partial charge in [0, 0.05) is 22.7 Å². The minimum absolute atomic E-state index is 0.0588. The van der Waals surface area contributed by atoms with E-state index in [4.69, 9.17) is 16.8 Å². The number of anilines is 1. The van der Waals surface area contributed by atoms with Crippen LogP contribution in [0.15, 0.2) is 94.2 Å². The van der Waals surface area contributed by atoms with Crippen LogP contribution in [0.3, 0.4) is 0 Å². The Morgan fingerprint density at radius 3 is 2.31 bits per heavy atom. The lowest BCUT2D eigenvalue weighted by Gasteiger charge is -2.21. The zero-order valence-corrected chi connectivity index (χ0v) is 21.1. The van der Waals surface area contributed by atoms with Gasteiger partial charge in [-0.15, -0.1) is 0 Å². The van der Waals surface area contributed by atoms with Crippen molar-refractivity contribution in [2.24, 2.45) is 15.3 Å². The van der Waals surface area contributed by atoms with Gasteiger partial charge in [0.1, 0.15) is 6.42 Å². The monoisotopic (exact) mass is 548 g/mol. The van der Waals surface area contributed by atoms with Crippen molar-refractivity contribution in [3.8, 4) is 0 Å². The molecule has 12 nitrogen and oxygen atoms in total. The summed E-state index contributed by atoms with van der Waals surface area (Å²) in [5, 5.41) is 31.6. The van der Waals surface area contributed by atoms with Crippen molar-refractivity contribution in [1.29, 1.82) is 0 Å². The third kappa shape index (κ3) is 6.27. The second-order valence-electron chi connectivity index (χ2n) is 8.31. The highest BCUT2D eigenvalue weighted by Crippen LogP contribution is 2.23. The van der Waals surface area contributed by atoms with E-state index in [2.05, 4.69) is 15.3 Å². The maximum absolute atomic E-state index is 13.2. The van der Waals surface area contributed by atoms with E-state index < -0.39 is 41.3 Å². The van der Waals surface area contributed by atoms with E-state index >= 15 is 0 Å². The van der Waals surface area contributed by atoms with Crippen LogP contribution in [0.1, 0.15) is 23.7 Å². The number of nitrogens with one attached hydrogen (secondary N) is 1. The highest BCUT2D eigenvalue weighted by molar-refractivity contribution is 6.31. The Morgan fingerprint density at radius 1 is 1.05 bits per heavy atom. The molecule has 1 heterocycles. The molecule has 4 rings (SSSR count). The van der Waals surface area contributed by atoms with Gasteiger partial charge in [-0.25, -0.2) is 10.1 Å². The van der Waals surface area contributed by atoms with E-state index in [1.165, 1.54) is 67.6 Å². The van der Waals surface area contributed by atoms with Gasteiger partial charge in [0.25, 0.3) is 17.7 Å². The van der Waals surface area contributed by atoms with Crippen molar-refractivity contribution in [3.05, 3.63) is 94.7 Å². The Labute approximate surface area is 226 Å². The number of azo groups is 1. The minimum atomic E-state index is -1.21. The predicted molar refractivity (Wildman–Crippen MR) is 140 cm³/mol. The highest BCUT2D eigenvalue weighted by atomic mass is 35.5. The molecule has 0 radical (unpaired) electrons.